The molecule has 1 heterocycles. The summed E-state index contributed by atoms with van der Waals surface area (Å²) in [5.74, 6) is 0.294. The van der Waals surface area contributed by atoms with Gasteiger partial charge in [0, 0.05) is 6.54 Å². The minimum absolute atomic E-state index is 0.0318. The largest absolute Gasteiger partial charge is 0.391 e. The number of imidazole rings is 1. The molecule has 1 aliphatic carbocycles. The molecule has 0 aliphatic heterocycles. The fourth-order valence-corrected chi connectivity index (χ4v) is 4.02. The highest BCUT2D eigenvalue weighted by Gasteiger charge is 2.24. The van der Waals surface area contributed by atoms with E-state index in [0.29, 0.717) is 5.75 Å². The molecule has 6 heteroatoms. The molecule has 1 aliphatic rings. The number of aromatic nitrogens is 2. The van der Waals surface area contributed by atoms with Gasteiger partial charge in [-0.05, 0) is 31.9 Å². The third-order valence-electron chi connectivity index (χ3n) is 4.34. The number of aryl methyl sites for hydroxylation is 1. The molecule has 1 amide bonds. The van der Waals surface area contributed by atoms with Crippen LogP contribution in [0.25, 0.3) is 11.0 Å². The number of benzene rings is 1. The lowest BCUT2D eigenvalue weighted by Crippen LogP contribution is -2.45. The van der Waals surface area contributed by atoms with Gasteiger partial charge < -0.3 is 15.0 Å². The Hall–Kier alpha value is -1.53. The number of carbonyl (C=O) groups excluding carboxylic acids is 1. The summed E-state index contributed by atoms with van der Waals surface area (Å²) in [7, 11) is 0. The van der Waals surface area contributed by atoms with Crippen LogP contribution in [0.5, 0.6) is 0 Å². The number of para-hydroxylation sites is 2. The van der Waals surface area contributed by atoms with Crippen molar-refractivity contribution in [2.24, 2.45) is 0 Å². The van der Waals surface area contributed by atoms with Crippen molar-refractivity contribution in [2.75, 3.05) is 5.75 Å². The predicted octanol–water partition coefficient (Wildman–Crippen LogP) is 2.57. The molecule has 23 heavy (non-hydrogen) atoms. The smallest absolute Gasteiger partial charge is 0.230 e. The first-order chi connectivity index (χ1) is 11.2. The van der Waals surface area contributed by atoms with Gasteiger partial charge in [-0.2, -0.15) is 0 Å². The van der Waals surface area contributed by atoms with Crippen molar-refractivity contribution in [2.45, 2.75) is 56.5 Å². The maximum Gasteiger partial charge on any atom is 0.230 e. The van der Waals surface area contributed by atoms with Gasteiger partial charge in [-0.15, -0.1) is 0 Å². The highest BCUT2D eigenvalue weighted by Crippen LogP contribution is 2.24. The molecule has 2 aromatic rings. The molecule has 0 spiro atoms. The summed E-state index contributed by atoms with van der Waals surface area (Å²) < 4.78 is 2.13. The average molecular weight is 333 g/mol. The molecule has 3 rings (SSSR count). The first-order valence-corrected chi connectivity index (χ1v) is 9.23. The minimum atomic E-state index is -0.405. The van der Waals surface area contributed by atoms with Gasteiger partial charge in [0.15, 0.2) is 5.16 Å². The van der Waals surface area contributed by atoms with Gasteiger partial charge in [-0.3, -0.25) is 4.79 Å². The van der Waals surface area contributed by atoms with Crippen LogP contribution < -0.4 is 5.32 Å². The monoisotopic (exact) mass is 333 g/mol. The zero-order valence-electron chi connectivity index (χ0n) is 13.4. The molecule has 0 radical (unpaired) electrons. The van der Waals surface area contributed by atoms with E-state index in [1.54, 1.807) is 0 Å². The molecule has 1 fully saturated rings. The van der Waals surface area contributed by atoms with Gasteiger partial charge >= 0.3 is 0 Å². The summed E-state index contributed by atoms with van der Waals surface area (Å²) in [5, 5.41) is 13.8. The Labute approximate surface area is 140 Å². The van der Waals surface area contributed by atoms with Crippen LogP contribution in [0.15, 0.2) is 29.4 Å². The number of rotatable bonds is 5. The summed E-state index contributed by atoms with van der Waals surface area (Å²) in [6.45, 7) is 2.91. The molecule has 1 aromatic heterocycles. The first-order valence-electron chi connectivity index (χ1n) is 8.24. The zero-order chi connectivity index (χ0) is 16.2. The fraction of sp³-hybridized carbons (Fsp3) is 0.529. The summed E-state index contributed by atoms with van der Waals surface area (Å²) in [4.78, 5) is 16.8. The number of amides is 1. The van der Waals surface area contributed by atoms with Crippen LogP contribution >= 0.6 is 11.8 Å². The molecule has 5 nitrogen and oxygen atoms in total. The Morgan fingerprint density at radius 2 is 2.17 bits per heavy atom. The van der Waals surface area contributed by atoms with Crippen molar-refractivity contribution >= 4 is 28.7 Å². The second-order valence-electron chi connectivity index (χ2n) is 5.94. The molecular formula is C17H23N3O2S. The van der Waals surface area contributed by atoms with Gasteiger partial charge in [-0.25, -0.2) is 4.98 Å². The highest BCUT2D eigenvalue weighted by molar-refractivity contribution is 7.99. The minimum Gasteiger partial charge on any atom is -0.391 e. The van der Waals surface area contributed by atoms with Crippen LogP contribution in [0, 0.1) is 0 Å². The standard InChI is InChI=1S/C17H23N3O2S/c1-2-20-14-9-5-3-7-12(14)19-17(20)23-11-16(22)18-13-8-4-6-10-15(13)21/h3,5,7,9,13,15,21H,2,4,6,8,10-11H2,1H3,(H,18,22). The van der Waals surface area contributed by atoms with Crippen LogP contribution in [0.3, 0.4) is 0 Å². The molecular weight excluding hydrogens is 310 g/mol. The number of hydrogen-bond donors (Lipinski definition) is 2. The number of fused-ring (bicyclic) bond motifs is 1. The second kappa shape index (κ2) is 7.36. The number of hydrogen-bond acceptors (Lipinski definition) is 4. The fourth-order valence-electron chi connectivity index (χ4n) is 3.13. The Bertz CT molecular complexity index is 686. The highest BCUT2D eigenvalue weighted by atomic mass is 32.2. The van der Waals surface area contributed by atoms with Crippen LogP contribution in [0.4, 0.5) is 0 Å². The molecule has 1 saturated carbocycles. The summed E-state index contributed by atoms with van der Waals surface area (Å²) in [5.41, 5.74) is 2.06. The van der Waals surface area contributed by atoms with Crippen molar-refractivity contribution in [1.82, 2.24) is 14.9 Å². The van der Waals surface area contributed by atoms with Crippen LogP contribution in [0.1, 0.15) is 32.6 Å². The molecule has 2 N–H and O–H groups in total. The van der Waals surface area contributed by atoms with Crippen LogP contribution in [0.2, 0.25) is 0 Å². The van der Waals surface area contributed by atoms with Crippen LogP contribution in [-0.2, 0) is 11.3 Å². The third kappa shape index (κ3) is 3.70. The summed E-state index contributed by atoms with van der Waals surface area (Å²) >= 11 is 1.45. The number of thioether (sulfide) groups is 1. The van der Waals surface area contributed by atoms with E-state index in [2.05, 4.69) is 21.8 Å². The molecule has 0 bridgehead atoms. The second-order valence-corrected chi connectivity index (χ2v) is 6.88. The van der Waals surface area contributed by atoms with E-state index in [1.807, 2.05) is 24.3 Å². The molecule has 2 atom stereocenters. The van der Waals surface area contributed by atoms with Gasteiger partial charge in [-0.1, -0.05) is 36.7 Å². The number of nitrogens with one attached hydrogen (secondary N) is 1. The maximum atomic E-state index is 12.2. The van der Waals surface area contributed by atoms with E-state index < -0.39 is 6.10 Å². The van der Waals surface area contributed by atoms with Crippen molar-refractivity contribution in [3.8, 4) is 0 Å². The number of aliphatic hydroxyl groups excluding tert-OH is 1. The van der Waals surface area contributed by atoms with Gasteiger partial charge in [0.2, 0.25) is 5.91 Å². The van der Waals surface area contributed by atoms with Crippen LogP contribution in [-0.4, -0.2) is 38.5 Å². The lowest BCUT2D eigenvalue weighted by molar-refractivity contribution is -0.120. The summed E-state index contributed by atoms with van der Waals surface area (Å²) in [6, 6.07) is 7.92. The number of carbonyl (C=O) groups is 1. The van der Waals surface area contributed by atoms with Crippen molar-refractivity contribution in [3.05, 3.63) is 24.3 Å². The average Bonchev–Trinajstić information content (AvgIpc) is 2.92. The van der Waals surface area contributed by atoms with E-state index in [0.717, 1.165) is 48.4 Å². The van der Waals surface area contributed by atoms with Crippen molar-refractivity contribution in [1.29, 1.82) is 0 Å². The topological polar surface area (TPSA) is 67.2 Å². The Balaban J connectivity index is 1.62. The Morgan fingerprint density at radius 1 is 1.39 bits per heavy atom. The number of nitrogens with zero attached hydrogens (tertiary/aromatic N) is 2. The third-order valence-corrected chi connectivity index (χ3v) is 5.32. The van der Waals surface area contributed by atoms with E-state index in [9.17, 15) is 9.90 Å². The van der Waals surface area contributed by atoms with Gasteiger partial charge in [0.1, 0.15) is 0 Å². The Kier molecular flexibility index (Phi) is 5.23. The Morgan fingerprint density at radius 3 is 2.96 bits per heavy atom. The zero-order valence-corrected chi connectivity index (χ0v) is 14.2. The molecule has 0 saturated heterocycles. The van der Waals surface area contributed by atoms with E-state index in [-0.39, 0.29) is 11.9 Å². The lowest BCUT2D eigenvalue weighted by Gasteiger charge is -2.28. The van der Waals surface area contributed by atoms with Crippen molar-refractivity contribution < 1.29 is 9.90 Å². The van der Waals surface area contributed by atoms with Gasteiger partial charge in [0.05, 0.1) is 28.9 Å². The predicted molar refractivity (Wildman–Crippen MR) is 92.5 cm³/mol. The van der Waals surface area contributed by atoms with Crippen molar-refractivity contribution in [3.63, 3.8) is 0 Å². The molecule has 124 valence electrons. The van der Waals surface area contributed by atoms with E-state index in [4.69, 9.17) is 0 Å². The SMILES string of the molecule is CCn1c(SCC(=O)NC2CCCCC2O)nc2ccccc21. The quantitative estimate of drug-likeness (QED) is 0.825. The maximum absolute atomic E-state index is 12.2. The summed E-state index contributed by atoms with van der Waals surface area (Å²) in [6.07, 6.45) is 3.36. The molecule has 1 aromatic carbocycles. The molecule has 2 unspecified atom stereocenters. The normalized spacial score (nSPS) is 21.5. The first kappa shape index (κ1) is 16.3. The van der Waals surface area contributed by atoms with Gasteiger partial charge in [0.25, 0.3) is 0 Å². The number of aliphatic hydroxyl groups is 1. The van der Waals surface area contributed by atoms with E-state index in [1.165, 1.54) is 11.8 Å². The lowest BCUT2D eigenvalue weighted by atomic mass is 9.93. The van der Waals surface area contributed by atoms with E-state index >= 15 is 0 Å².